The summed E-state index contributed by atoms with van der Waals surface area (Å²) < 4.78 is 35.4. The third-order valence-corrected chi connectivity index (χ3v) is 8.55. The van der Waals surface area contributed by atoms with E-state index in [1.807, 2.05) is 42.7 Å². The number of aryl methyl sites for hydroxylation is 2. The Morgan fingerprint density at radius 3 is 2.45 bits per heavy atom. The molecule has 0 spiro atoms. The second-order valence-electron chi connectivity index (χ2n) is 9.35. The van der Waals surface area contributed by atoms with Gasteiger partial charge in [0.25, 0.3) is 21.6 Å². The Kier molecular flexibility index (Phi) is 8.98. The van der Waals surface area contributed by atoms with E-state index in [4.69, 9.17) is 16.3 Å². The summed E-state index contributed by atoms with van der Waals surface area (Å²) in [5, 5.41) is 16.1. The number of nitro groups is 1. The van der Waals surface area contributed by atoms with E-state index in [2.05, 4.69) is 10.5 Å². The second-order valence-corrected chi connectivity index (χ2v) is 11.6. The standard InChI is InChI=1S/C29H28ClN5O6S/c1-19-8-13-27(16-28(19)35(37)38)42(39,40)33(24-9-11-26(41-4)12-10-24)18-29(36)32-31-17-22-14-20(2)34(21(22)3)25-7-5-6-23(30)15-25/h5-17H,18H2,1-4H3,(H,32,36)/b31-17-. The van der Waals surface area contributed by atoms with Gasteiger partial charge in [-0.2, -0.15) is 5.10 Å². The molecule has 1 aromatic heterocycles. The van der Waals surface area contributed by atoms with E-state index < -0.39 is 27.4 Å². The first-order valence-electron chi connectivity index (χ1n) is 12.6. The minimum atomic E-state index is -4.40. The van der Waals surface area contributed by atoms with Crippen molar-refractivity contribution < 1.29 is 22.9 Å². The van der Waals surface area contributed by atoms with Crippen molar-refractivity contribution in [3.63, 3.8) is 0 Å². The zero-order valence-electron chi connectivity index (χ0n) is 23.2. The molecular weight excluding hydrogens is 582 g/mol. The Hall–Kier alpha value is -4.68. The lowest BCUT2D eigenvalue weighted by molar-refractivity contribution is -0.385. The van der Waals surface area contributed by atoms with Gasteiger partial charge in [-0.3, -0.25) is 19.2 Å². The SMILES string of the molecule is COc1ccc(N(CC(=O)N/N=C\c2cc(C)n(-c3cccc(Cl)c3)c2C)S(=O)(=O)c2ccc(C)c([N+](=O)[O-])c2)cc1. The van der Waals surface area contributed by atoms with Crippen molar-refractivity contribution in [2.24, 2.45) is 5.10 Å². The number of benzene rings is 3. The van der Waals surface area contributed by atoms with Crippen LogP contribution in [0.3, 0.4) is 0 Å². The van der Waals surface area contributed by atoms with E-state index in [0.717, 1.165) is 33.0 Å². The molecule has 218 valence electrons. The molecule has 1 N–H and O–H groups in total. The first-order valence-corrected chi connectivity index (χ1v) is 14.4. The van der Waals surface area contributed by atoms with Crippen LogP contribution in [-0.2, 0) is 14.8 Å². The summed E-state index contributed by atoms with van der Waals surface area (Å²) in [4.78, 5) is 23.5. The van der Waals surface area contributed by atoms with Crippen molar-refractivity contribution >= 4 is 45.1 Å². The van der Waals surface area contributed by atoms with Crippen molar-refractivity contribution in [2.75, 3.05) is 18.0 Å². The number of methoxy groups -OCH3 is 1. The van der Waals surface area contributed by atoms with Gasteiger partial charge in [0, 0.05) is 39.3 Å². The number of halogens is 1. The summed E-state index contributed by atoms with van der Waals surface area (Å²) in [6.07, 6.45) is 1.47. The molecule has 0 unspecified atom stereocenters. The number of hydrazone groups is 1. The number of sulfonamides is 1. The molecule has 4 aromatic rings. The first-order chi connectivity index (χ1) is 19.9. The van der Waals surface area contributed by atoms with E-state index in [1.165, 1.54) is 44.5 Å². The van der Waals surface area contributed by atoms with Crippen molar-refractivity contribution in [1.29, 1.82) is 0 Å². The van der Waals surface area contributed by atoms with Crippen LogP contribution in [0.1, 0.15) is 22.5 Å². The molecule has 4 rings (SSSR count). The maximum Gasteiger partial charge on any atom is 0.273 e. The Morgan fingerprint density at radius 1 is 1.10 bits per heavy atom. The van der Waals surface area contributed by atoms with Gasteiger partial charge in [0.05, 0.1) is 28.8 Å². The van der Waals surface area contributed by atoms with Crippen LogP contribution < -0.4 is 14.5 Å². The molecule has 13 heteroatoms. The minimum absolute atomic E-state index is 0.156. The Labute approximate surface area is 248 Å². The second kappa shape index (κ2) is 12.5. The summed E-state index contributed by atoms with van der Waals surface area (Å²) in [5.41, 5.74) is 5.88. The number of rotatable bonds is 10. The smallest absolute Gasteiger partial charge is 0.273 e. The summed E-state index contributed by atoms with van der Waals surface area (Å²) in [5.74, 6) is -0.248. The van der Waals surface area contributed by atoms with Gasteiger partial charge in [0.1, 0.15) is 12.3 Å². The predicted molar refractivity (Wildman–Crippen MR) is 161 cm³/mol. The first kappa shape index (κ1) is 30.3. The molecule has 3 aromatic carbocycles. The van der Waals surface area contributed by atoms with Crippen LogP contribution in [0, 0.1) is 30.9 Å². The van der Waals surface area contributed by atoms with Crippen LogP contribution in [0.2, 0.25) is 5.02 Å². The number of carbonyl (C=O) groups excluding carboxylic acids is 1. The van der Waals surface area contributed by atoms with Crippen molar-refractivity contribution in [2.45, 2.75) is 25.7 Å². The molecule has 0 aliphatic carbocycles. The molecular formula is C29H28ClN5O6S. The monoisotopic (exact) mass is 609 g/mol. The van der Waals surface area contributed by atoms with E-state index in [1.54, 1.807) is 18.2 Å². The van der Waals surface area contributed by atoms with Crippen LogP contribution in [0.25, 0.3) is 5.69 Å². The summed E-state index contributed by atoms with van der Waals surface area (Å²) in [6, 6.07) is 18.9. The van der Waals surface area contributed by atoms with E-state index in [-0.39, 0.29) is 16.3 Å². The maximum absolute atomic E-state index is 13.7. The molecule has 0 saturated carbocycles. The van der Waals surface area contributed by atoms with Crippen molar-refractivity contribution in [3.8, 4) is 11.4 Å². The number of hydrogen-bond donors (Lipinski definition) is 1. The lowest BCUT2D eigenvalue weighted by Crippen LogP contribution is -2.39. The molecule has 0 aliphatic heterocycles. The Balaban J connectivity index is 1.60. The molecule has 42 heavy (non-hydrogen) atoms. The van der Waals surface area contributed by atoms with Crippen LogP contribution in [-0.4, -0.2) is 43.7 Å². The highest BCUT2D eigenvalue weighted by molar-refractivity contribution is 7.92. The topological polar surface area (TPSA) is 136 Å². The average molecular weight is 610 g/mol. The number of ether oxygens (including phenoxy) is 1. The fourth-order valence-electron chi connectivity index (χ4n) is 4.41. The highest BCUT2D eigenvalue weighted by Crippen LogP contribution is 2.29. The van der Waals surface area contributed by atoms with Crippen LogP contribution in [0.15, 0.2) is 82.8 Å². The Morgan fingerprint density at radius 2 is 1.81 bits per heavy atom. The molecule has 0 fully saturated rings. The highest BCUT2D eigenvalue weighted by atomic mass is 35.5. The van der Waals surface area contributed by atoms with Gasteiger partial charge in [-0.1, -0.05) is 23.7 Å². The van der Waals surface area contributed by atoms with Gasteiger partial charge in [0.2, 0.25) is 0 Å². The minimum Gasteiger partial charge on any atom is -0.497 e. The molecule has 0 saturated heterocycles. The number of carbonyl (C=O) groups is 1. The molecule has 0 radical (unpaired) electrons. The quantitative estimate of drug-likeness (QED) is 0.147. The van der Waals surface area contributed by atoms with E-state index in [9.17, 15) is 23.3 Å². The van der Waals surface area contributed by atoms with Crippen molar-refractivity contribution in [3.05, 3.63) is 110 Å². The van der Waals surface area contributed by atoms with Gasteiger partial charge in [0.15, 0.2) is 0 Å². The summed E-state index contributed by atoms with van der Waals surface area (Å²) >= 11 is 6.16. The average Bonchev–Trinajstić information content (AvgIpc) is 3.24. The normalized spacial score (nSPS) is 11.5. The van der Waals surface area contributed by atoms with E-state index in [0.29, 0.717) is 16.3 Å². The number of nitro benzene ring substituents is 1. The fraction of sp³-hybridized carbons (Fsp3) is 0.172. The third kappa shape index (κ3) is 6.45. The maximum atomic E-state index is 13.7. The number of nitrogens with zero attached hydrogens (tertiary/aromatic N) is 4. The summed E-state index contributed by atoms with van der Waals surface area (Å²) in [6.45, 7) is 4.69. The lowest BCUT2D eigenvalue weighted by atomic mass is 10.2. The molecule has 0 aliphatic rings. The number of amides is 1. The van der Waals surface area contributed by atoms with Crippen LogP contribution in [0.5, 0.6) is 5.75 Å². The number of aromatic nitrogens is 1. The zero-order chi connectivity index (χ0) is 30.6. The van der Waals surface area contributed by atoms with Crippen LogP contribution in [0.4, 0.5) is 11.4 Å². The van der Waals surface area contributed by atoms with Crippen molar-refractivity contribution in [1.82, 2.24) is 9.99 Å². The highest BCUT2D eigenvalue weighted by Gasteiger charge is 2.29. The van der Waals surface area contributed by atoms with Gasteiger partial charge in [-0.05, 0) is 75.4 Å². The van der Waals surface area contributed by atoms with Gasteiger partial charge < -0.3 is 9.30 Å². The number of anilines is 1. The predicted octanol–water partition coefficient (Wildman–Crippen LogP) is 5.32. The van der Waals surface area contributed by atoms with E-state index >= 15 is 0 Å². The van der Waals surface area contributed by atoms with Gasteiger partial charge in [-0.15, -0.1) is 0 Å². The number of hydrogen-bond acceptors (Lipinski definition) is 7. The molecule has 0 bridgehead atoms. The lowest BCUT2D eigenvalue weighted by Gasteiger charge is -2.24. The molecule has 0 atom stereocenters. The Bertz CT molecular complexity index is 1780. The van der Waals surface area contributed by atoms with Gasteiger partial charge in [-0.25, -0.2) is 13.8 Å². The summed E-state index contributed by atoms with van der Waals surface area (Å²) in [7, 11) is -2.94. The molecule has 11 nitrogen and oxygen atoms in total. The van der Waals surface area contributed by atoms with Gasteiger partial charge >= 0.3 is 0 Å². The zero-order valence-corrected chi connectivity index (χ0v) is 24.8. The number of nitrogens with one attached hydrogen (secondary N) is 1. The largest absolute Gasteiger partial charge is 0.497 e. The molecule has 1 heterocycles. The van der Waals surface area contributed by atoms with Crippen LogP contribution >= 0.6 is 11.6 Å². The molecule has 1 amide bonds. The fourth-order valence-corrected chi connectivity index (χ4v) is 6.03. The third-order valence-electron chi connectivity index (χ3n) is 6.54.